The van der Waals surface area contributed by atoms with Gasteiger partial charge in [-0.1, -0.05) is 23.2 Å². The van der Waals surface area contributed by atoms with Gasteiger partial charge in [0.05, 0.1) is 23.5 Å². The molecule has 0 spiro atoms. The van der Waals surface area contributed by atoms with Gasteiger partial charge in [0.2, 0.25) is 0 Å². The smallest absolute Gasteiger partial charge is 0.252 e. The summed E-state index contributed by atoms with van der Waals surface area (Å²) >= 11 is 12.7. The molecular weight excluding hydrogens is 466 g/mol. The predicted octanol–water partition coefficient (Wildman–Crippen LogP) is 4.36. The van der Waals surface area contributed by atoms with Crippen molar-refractivity contribution in [3.63, 3.8) is 0 Å². The molecule has 1 aliphatic heterocycles. The molecular formula is C23H25Cl2FN6O. The lowest BCUT2D eigenvalue weighted by Gasteiger charge is -2.48. The van der Waals surface area contributed by atoms with Crippen LogP contribution in [0.3, 0.4) is 0 Å². The van der Waals surface area contributed by atoms with Crippen LogP contribution < -0.4 is 10.5 Å². The third-order valence-electron chi connectivity index (χ3n) is 6.47. The number of nitriles is 1. The SMILES string of the molecule is CC(c1c(Cl)cc(F)cc1Cl)N1C[C@H](C)N(c2cc(=O)n(C)c3cn(CC#N)nc23)C[C@H]1C. The van der Waals surface area contributed by atoms with Crippen molar-refractivity contribution in [3.8, 4) is 6.07 Å². The van der Waals surface area contributed by atoms with Crippen molar-refractivity contribution in [2.24, 2.45) is 7.05 Å². The molecule has 1 aliphatic rings. The summed E-state index contributed by atoms with van der Waals surface area (Å²) in [5, 5.41) is 14.3. The number of aromatic nitrogens is 3. The Kier molecular flexibility index (Phi) is 6.41. The van der Waals surface area contributed by atoms with Crippen LogP contribution in [0.4, 0.5) is 10.1 Å². The molecule has 0 bridgehead atoms. The molecule has 174 valence electrons. The maximum Gasteiger partial charge on any atom is 0.252 e. The van der Waals surface area contributed by atoms with E-state index >= 15 is 0 Å². The van der Waals surface area contributed by atoms with Gasteiger partial charge in [-0.15, -0.1) is 0 Å². The van der Waals surface area contributed by atoms with E-state index in [1.54, 1.807) is 28.6 Å². The van der Waals surface area contributed by atoms with E-state index in [9.17, 15) is 9.18 Å². The van der Waals surface area contributed by atoms with E-state index in [-0.39, 0.29) is 30.2 Å². The minimum Gasteiger partial charge on any atom is -0.364 e. The predicted molar refractivity (Wildman–Crippen MR) is 128 cm³/mol. The summed E-state index contributed by atoms with van der Waals surface area (Å²) in [4.78, 5) is 17.2. The van der Waals surface area contributed by atoms with E-state index in [4.69, 9.17) is 28.5 Å². The van der Waals surface area contributed by atoms with Crippen LogP contribution in [0, 0.1) is 17.1 Å². The highest BCUT2D eigenvalue weighted by atomic mass is 35.5. The number of hydrogen-bond donors (Lipinski definition) is 0. The number of halogens is 3. The second kappa shape index (κ2) is 8.98. The van der Waals surface area contributed by atoms with E-state index in [0.717, 1.165) is 5.69 Å². The normalized spacial score (nSPS) is 20.2. The number of aryl methyl sites for hydroxylation is 1. The Morgan fingerprint density at radius 2 is 1.88 bits per heavy atom. The monoisotopic (exact) mass is 490 g/mol. The Bertz CT molecular complexity index is 1290. The molecule has 3 heterocycles. The van der Waals surface area contributed by atoms with Crippen LogP contribution in [0.25, 0.3) is 11.0 Å². The van der Waals surface area contributed by atoms with Crippen molar-refractivity contribution < 1.29 is 4.39 Å². The zero-order valence-electron chi connectivity index (χ0n) is 18.9. The first-order valence-electron chi connectivity index (χ1n) is 10.7. The van der Waals surface area contributed by atoms with E-state index in [1.165, 1.54) is 12.1 Å². The molecule has 0 N–H and O–H groups in total. The van der Waals surface area contributed by atoms with E-state index < -0.39 is 5.82 Å². The first-order valence-corrected chi connectivity index (χ1v) is 11.5. The molecule has 1 fully saturated rings. The second-order valence-electron chi connectivity index (χ2n) is 8.65. The molecule has 0 radical (unpaired) electrons. The number of rotatable bonds is 4. The topological polar surface area (TPSA) is 70.1 Å². The van der Waals surface area contributed by atoms with Gasteiger partial charge in [0.15, 0.2) is 0 Å². The lowest BCUT2D eigenvalue weighted by molar-refractivity contribution is 0.119. The molecule has 0 amide bonds. The average Bonchev–Trinajstić information content (AvgIpc) is 3.16. The van der Waals surface area contributed by atoms with Gasteiger partial charge < -0.3 is 9.47 Å². The summed E-state index contributed by atoms with van der Waals surface area (Å²) in [5.41, 5.74) is 2.72. The van der Waals surface area contributed by atoms with Crippen molar-refractivity contribution in [1.29, 1.82) is 5.26 Å². The van der Waals surface area contributed by atoms with E-state index in [1.807, 2.05) is 6.92 Å². The zero-order valence-corrected chi connectivity index (χ0v) is 20.4. The Hall–Kier alpha value is -2.60. The largest absolute Gasteiger partial charge is 0.364 e. The summed E-state index contributed by atoms with van der Waals surface area (Å²) in [6.45, 7) is 7.66. The zero-order chi connectivity index (χ0) is 24.0. The van der Waals surface area contributed by atoms with Crippen molar-refractivity contribution in [2.45, 2.75) is 45.4 Å². The number of benzene rings is 1. The maximum atomic E-state index is 13.7. The second-order valence-corrected chi connectivity index (χ2v) is 9.47. The molecule has 0 aliphatic carbocycles. The van der Waals surface area contributed by atoms with E-state index in [2.05, 4.69) is 34.8 Å². The van der Waals surface area contributed by atoms with Crippen molar-refractivity contribution in [2.75, 3.05) is 18.0 Å². The van der Waals surface area contributed by atoms with Crippen molar-refractivity contribution in [1.82, 2.24) is 19.2 Å². The summed E-state index contributed by atoms with van der Waals surface area (Å²) in [6, 6.07) is 6.30. The molecule has 3 atom stereocenters. The first kappa shape index (κ1) is 23.6. The average molecular weight is 491 g/mol. The number of nitrogens with zero attached hydrogens (tertiary/aromatic N) is 6. The van der Waals surface area contributed by atoms with Crippen LogP contribution in [0.5, 0.6) is 0 Å². The standard InChI is InChI=1S/C23H25Cl2FN6O/c1-13-11-32(19-9-21(33)29(4)20-12-30(6-5-27)28-23(19)20)14(2)10-31(13)15(3)22-17(24)7-16(26)8-18(22)25/h7-9,12-15H,6,10-11H2,1-4H3/t13-,14+,15?/m1/s1. The molecule has 1 aromatic carbocycles. The van der Waals surface area contributed by atoms with Gasteiger partial charge in [0.25, 0.3) is 5.56 Å². The van der Waals surface area contributed by atoms with Gasteiger partial charge >= 0.3 is 0 Å². The van der Waals surface area contributed by atoms with Crippen LogP contribution in [-0.2, 0) is 13.6 Å². The van der Waals surface area contributed by atoms with Gasteiger partial charge in [-0.3, -0.25) is 14.4 Å². The van der Waals surface area contributed by atoms with Gasteiger partial charge in [0.1, 0.15) is 17.9 Å². The lowest BCUT2D eigenvalue weighted by atomic mass is 10.00. The van der Waals surface area contributed by atoms with Gasteiger partial charge in [-0.25, -0.2) is 4.39 Å². The third kappa shape index (κ3) is 4.21. The highest BCUT2D eigenvalue weighted by molar-refractivity contribution is 6.36. The number of fused-ring (bicyclic) bond motifs is 1. The molecule has 33 heavy (non-hydrogen) atoms. The Labute approximate surface area is 201 Å². The number of anilines is 1. The van der Waals surface area contributed by atoms with Crippen molar-refractivity contribution >= 4 is 39.9 Å². The van der Waals surface area contributed by atoms with Crippen LogP contribution in [0.1, 0.15) is 32.4 Å². The molecule has 4 rings (SSSR count). The molecule has 3 aromatic rings. The molecule has 2 aromatic heterocycles. The van der Waals surface area contributed by atoms with Gasteiger partial charge in [0, 0.05) is 59.9 Å². The van der Waals surface area contributed by atoms with E-state index in [0.29, 0.717) is 39.7 Å². The summed E-state index contributed by atoms with van der Waals surface area (Å²) in [6.07, 6.45) is 1.73. The minimum atomic E-state index is -0.460. The molecule has 10 heteroatoms. The molecule has 0 saturated carbocycles. The number of hydrogen-bond acceptors (Lipinski definition) is 5. The summed E-state index contributed by atoms with van der Waals surface area (Å²) < 4.78 is 16.8. The maximum absolute atomic E-state index is 13.7. The fourth-order valence-corrected chi connectivity index (χ4v) is 5.54. The molecule has 7 nitrogen and oxygen atoms in total. The lowest BCUT2D eigenvalue weighted by Crippen LogP contribution is -2.57. The Morgan fingerprint density at radius 1 is 1.21 bits per heavy atom. The number of piperazine rings is 1. The summed E-state index contributed by atoms with van der Waals surface area (Å²) in [5.74, 6) is -0.460. The van der Waals surface area contributed by atoms with Gasteiger partial charge in [-0.2, -0.15) is 10.4 Å². The van der Waals surface area contributed by atoms with Crippen molar-refractivity contribution in [3.05, 3.63) is 56.2 Å². The molecule has 1 saturated heterocycles. The first-order chi connectivity index (χ1) is 15.6. The quantitative estimate of drug-likeness (QED) is 0.543. The van der Waals surface area contributed by atoms with Crippen LogP contribution in [0.2, 0.25) is 10.0 Å². The minimum absolute atomic E-state index is 0.0538. The third-order valence-corrected chi connectivity index (χ3v) is 7.10. The highest BCUT2D eigenvalue weighted by Gasteiger charge is 2.35. The summed E-state index contributed by atoms with van der Waals surface area (Å²) in [7, 11) is 1.70. The molecule has 1 unspecified atom stereocenters. The fourth-order valence-electron chi connectivity index (χ4n) is 4.76. The highest BCUT2D eigenvalue weighted by Crippen LogP contribution is 2.38. The van der Waals surface area contributed by atoms with Crippen LogP contribution in [-0.4, -0.2) is 44.4 Å². The van der Waals surface area contributed by atoms with Gasteiger partial charge in [-0.05, 0) is 32.9 Å². The van der Waals surface area contributed by atoms with Crippen LogP contribution in [0.15, 0.2) is 29.2 Å². The fraction of sp³-hybridized carbons (Fsp3) is 0.435. The number of pyridine rings is 1. The van der Waals surface area contributed by atoms with Crippen LogP contribution >= 0.6 is 23.2 Å². The Balaban J connectivity index is 1.68. The Morgan fingerprint density at radius 3 is 2.52 bits per heavy atom.